The third kappa shape index (κ3) is 8.61. The van der Waals surface area contributed by atoms with Crippen LogP contribution in [0.25, 0.3) is 11.3 Å². The maximum atomic E-state index is 13.4. The van der Waals surface area contributed by atoms with Crippen LogP contribution in [0.2, 0.25) is 0 Å². The number of carbonyl (C=O) groups is 3. The first-order valence-corrected chi connectivity index (χ1v) is 14.0. The Bertz CT molecular complexity index is 1760. The summed E-state index contributed by atoms with van der Waals surface area (Å²) in [6, 6.07) is 16.1. The number of alkyl halides is 3. The molecule has 4 rings (SSSR count). The van der Waals surface area contributed by atoms with Crippen LogP contribution in [0.5, 0.6) is 0 Å². The van der Waals surface area contributed by atoms with Crippen LogP contribution in [0.1, 0.15) is 24.0 Å². The van der Waals surface area contributed by atoms with Crippen LogP contribution in [-0.2, 0) is 34.0 Å². The van der Waals surface area contributed by atoms with Gasteiger partial charge in [-0.15, -0.1) is 0 Å². The van der Waals surface area contributed by atoms with Crippen LogP contribution >= 0.6 is 0 Å². The Balaban J connectivity index is 0.000000707. The number of nitrogens with one attached hydrogen (secondary N) is 1. The summed E-state index contributed by atoms with van der Waals surface area (Å²) in [6.45, 7) is 0. The molecule has 7 N–H and O–H groups in total. The second kappa shape index (κ2) is 13.5. The summed E-state index contributed by atoms with van der Waals surface area (Å²) in [5, 5.41) is 26.5. The van der Waals surface area contributed by atoms with E-state index >= 15 is 0 Å². The predicted octanol–water partition coefficient (Wildman–Crippen LogP) is -0.776. The summed E-state index contributed by atoms with van der Waals surface area (Å²) >= 11 is 0. The molecule has 0 aliphatic carbocycles. The number of methoxy groups -OCH3 is 1. The normalized spacial score (nSPS) is 15.9. The van der Waals surface area contributed by atoms with Gasteiger partial charge in [0, 0.05) is 17.5 Å². The fourth-order valence-corrected chi connectivity index (χ4v) is 4.66. The lowest BCUT2D eigenvalue weighted by Gasteiger charge is -2.24. The van der Waals surface area contributed by atoms with Gasteiger partial charge in [-0.2, -0.15) is 13.2 Å². The van der Waals surface area contributed by atoms with Gasteiger partial charge in [-0.05, 0) is 30.3 Å². The van der Waals surface area contributed by atoms with Crippen LogP contribution in [0, 0.1) is 0 Å². The minimum atomic E-state index is -5.19. The number of nitrogens with two attached hydrogens (primary N) is 3. The van der Waals surface area contributed by atoms with Gasteiger partial charge in [0.05, 0.1) is 47.3 Å². The molecular formula is C27H25F3N6O8S. The molecule has 0 radical (unpaired) electrons. The molecule has 2 heterocycles. The first-order valence-electron chi connectivity index (χ1n) is 12.5. The number of carbonyl (C=O) groups excluding carboxylic acids is 3. The molecule has 0 saturated carbocycles. The number of primary sulfonamides is 1. The maximum absolute atomic E-state index is 13.4. The molecule has 0 saturated heterocycles. The van der Waals surface area contributed by atoms with Crippen molar-refractivity contribution in [3.05, 3.63) is 78.0 Å². The lowest BCUT2D eigenvalue weighted by Crippen LogP contribution is -2.46. The Kier molecular flexibility index (Phi) is 10.3. The van der Waals surface area contributed by atoms with Crippen molar-refractivity contribution in [2.24, 2.45) is 16.0 Å². The molecule has 0 fully saturated rings. The van der Waals surface area contributed by atoms with Gasteiger partial charge in [-0.25, -0.2) is 13.6 Å². The fourth-order valence-electron chi connectivity index (χ4n) is 3.91. The number of carboxylic acids is 1. The summed E-state index contributed by atoms with van der Waals surface area (Å²) in [5.41, 5.74) is 6.53. The number of aromatic nitrogens is 1. The van der Waals surface area contributed by atoms with Crippen LogP contribution in [0.15, 0.2) is 76.9 Å². The van der Waals surface area contributed by atoms with Crippen molar-refractivity contribution < 1.29 is 56.1 Å². The monoisotopic (exact) mass is 650 g/mol. The number of oxime groups is 1. The van der Waals surface area contributed by atoms with Gasteiger partial charge in [-0.1, -0.05) is 35.5 Å². The van der Waals surface area contributed by atoms with E-state index in [0.29, 0.717) is 28.1 Å². The molecule has 238 valence electrons. The number of nitrogens with zero attached hydrogens (tertiary/aromatic N) is 2. The van der Waals surface area contributed by atoms with Crippen molar-refractivity contribution in [3.63, 3.8) is 0 Å². The van der Waals surface area contributed by atoms with E-state index in [1.807, 2.05) is 0 Å². The molecule has 1 aliphatic rings. The Morgan fingerprint density at radius 2 is 1.80 bits per heavy atom. The number of amidine groups is 1. The number of rotatable bonds is 8. The van der Waals surface area contributed by atoms with E-state index in [1.54, 1.807) is 42.5 Å². The number of carboxylic acid groups (broad SMARTS) is 1. The zero-order valence-electron chi connectivity index (χ0n) is 23.2. The van der Waals surface area contributed by atoms with Gasteiger partial charge in [0.15, 0.2) is 0 Å². The quantitative estimate of drug-likeness (QED) is 0.135. The van der Waals surface area contributed by atoms with Crippen LogP contribution in [0.4, 0.5) is 18.9 Å². The minimum absolute atomic E-state index is 0.0326. The fraction of sp³-hybridized carbons (Fsp3) is 0.185. The largest absolute Gasteiger partial charge is 0.542 e. The van der Waals surface area contributed by atoms with Gasteiger partial charge >= 0.3 is 12.1 Å². The number of hydrogen-bond donors (Lipinski definition) is 4. The first kappa shape index (κ1) is 34.1. The molecule has 14 nitrogen and oxygen atoms in total. The lowest BCUT2D eigenvalue weighted by molar-refractivity contribution is -0.344. The number of aliphatic carboxylic acids is 1. The Morgan fingerprint density at radius 3 is 2.36 bits per heavy atom. The molecule has 3 aromatic rings. The van der Waals surface area contributed by atoms with E-state index in [2.05, 4.69) is 15.5 Å². The number of benzene rings is 2. The highest BCUT2D eigenvalue weighted by molar-refractivity contribution is 7.89. The van der Waals surface area contributed by atoms with Gasteiger partial charge in [0.25, 0.3) is 11.7 Å². The average Bonchev–Trinajstić information content (AvgIpc) is 3.42. The van der Waals surface area contributed by atoms with E-state index in [1.165, 1.54) is 31.5 Å². The van der Waals surface area contributed by atoms with Crippen molar-refractivity contribution in [1.82, 2.24) is 4.98 Å². The molecule has 1 aliphatic heterocycles. The summed E-state index contributed by atoms with van der Waals surface area (Å²) in [4.78, 5) is 44.1. The molecule has 1 aromatic heterocycles. The second-order valence-corrected chi connectivity index (χ2v) is 10.8. The molecule has 18 heteroatoms. The molecule has 45 heavy (non-hydrogen) atoms. The summed E-state index contributed by atoms with van der Waals surface area (Å²) in [5.74, 6) is -4.21. The third-order valence-electron chi connectivity index (χ3n) is 6.11. The van der Waals surface area contributed by atoms with E-state index in [4.69, 9.17) is 35.8 Å². The first-order chi connectivity index (χ1) is 21.0. The van der Waals surface area contributed by atoms with Gasteiger partial charge in [0.1, 0.15) is 5.97 Å². The number of halogens is 3. The average molecular weight is 651 g/mol. The predicted molar refractivity (Wildman–Crippen MR) is 149 cm³/mol. The number of sulfonamides is 1. The zero-order valence-corrected chi connectivity index (χ0v) is 24.0. The van der Waals surface area contributed by atoms with E-state index in [0.717, 1.165) is 0 Å². The maximum Gasteiger partial charge on any atom is 0.430 e. The SMILES string of the molecule is COC(=O)CC1(C(=O)Nc2ccc(-c3ccccc3S(N)(=O)=O)nc2)CC(c2cccc(C(N)=[NH2+])c2)=NO1.O=C([O-])C(F)(F)F. The van der Waals surface area contributed by atoms with Crippen molar-refractivity contribution >= 4 is 45.1 Å². The highest BCUT2D eigenvalue weighted by atomic mass is 32.2. The molecule has 0 bridgehead atoms. The standard InChI is InChI=1S/C25H24N6O6S.C2HF3O2/c1-36-22(32)13-25(12-20(31-37-25)15-5-4-6-16(11-15)23(26)27)24(33)30-17-9-10-19(29-14-17)18-7-2-3-8-21(18)38(28,34)35;3-2(4,5)1(6)7/h2-11,14H,12-13H2,1H3,(H3,26,27)(H,30,33)(H2,28,34,35);(H,6,7). The van der Waals surface area contributed by atoms with Crippen molar-refractivity contribution in [2.75, 3.05) is 12.4 Å². The Morgan fingerprint density at radius 1 is 1.13 bits per heavy atom. The zero-order chi connectivity index (χ0) is 33.6. The van der Waals surface area contributed by atoms with Gasteiger partial charge in [-0.3, -0.25) is 25.7 Å². The third-order valence-corrected chi connectivity index (χ3v) is 7.08. The number of amides is 1. The summed E-state index contributed by atoms with van der Waals surface area (Å²) in [7, 11) is -2.77. The Hall–Kier alpha value is -5.36. The van der Waals surface area contributed by atoms with Crippen LogP contribution < -0.4 is 26.7 Å². The molecular weight excluding hydrogens is 625 g/mol. The lowest BCUT2D eigenvalue weighted by atomic mass is 9.89. The van der Waals surface area contributed by atoms with Crippen molar-refractivity contribution in [1.29, 1.82) is 0 Å². The number of ether oxygens (including phenoxy) is 1. The Labute approximate surface area is 253 Å². The smallest absolute Gasteiger partial charge is 0.430 e. The highest BCUT2D eigenvalue weighted by Crippen LogP contribution is 2.33. The molecule has 1 atom stereocenters. The topological polar surface area (TPSA) is 242 Å². The van der Waals surface area contributed by atoms with Crippen molar-refractivity contribution in [2.45, 2.75) is 29.5 Å². The van der Waals surface area contributed by atoms with Crippen LogP contribution in [0.3, 0.4) is 0 Å². The minimum Gasteiger partial charge on any atom is -0.542 e. The van der Waals surface area contributed by atoms with E-state index in [9.17, 15) is 31.2 Å². The molecule has 2 aromatic carbocycles. The summed E-state index contributed by atoms with van der Waals surface area (Å²) in [6.07, 6.45) is -4.28. The van der Waals surface area contributed by atoms with Crippen LogP contribution in [-0.4, -0.2) is 61.7 Å². The molecule has 1 amide bonds. The summed E-state index contributed by atoms with van der Waals surface area (Å²) < 4.78 is 60.2. The number of esters is 1. The number of pyridine rings is 1. The van der Waals surface area contributed by atoms with E-state index < -0.39 is 46.1 Å². The number of hydrogen-bond acceptors (Lipinski definition) is 10. The second-order valence-electron chi connectivity index (χ2n) is 9.30. The van der Waals surface area contributed by atoms with Crippen molar-refractivity contribution in [3.8, 4) is 11.3 Å². The van der Waals surface area contributed by atoms with Gasteiger partial charge in [0.2, 0.25) is 15.6 Å². The van der Waals surface area contributed by atoms with E-state index in [-0.39, 0.29) is 22.8 Å². The highest BCUT2D eigenvalue weighted by Gasteiger charge is 2.49. The molecule has 0 spiro atoms. The number of anilines is 1. The van der Waals surface area contributed by atoms with Gasteiger partial charge < -0.3 is 24.8 Å². The molecule has 1 unspecified atom stereocenters.